The Morgan fingerprint density at radius 3 is 2.71 bits per heavy atom. The van der Waals surface area contributed by atoms with Gasteiger partial charge < -0.3 is 18.8 Å². The van der Waals surface area contributed by atoms with Crippen molar-refractivity contribution in [1.29, 1.82) is 0 Å². The average molecular weight is 469 g/mol. The molecule has 176 valence electrons. The highest BCUT2D eigenvalue weighted by molar-refractivity contribution is 5.99. The van der Waals surface area contributed by atoms with Crippen LogP contribution in [0, 0.1) is 0 Å². The van der Waals surface area contributed by atoms with Gasteiger partial charge in [-0.2, -0.15) is 0 Å². The highest BCUT2D eigenvalue weighted by Crippen LogP contribution is 2.41. The Labute approximate surface area is 202 Å². The number of rotatable bonds is 8. The van der Waals surface area contributed by atoms with E-state index >= 15 is 0 Å². The molecule has 0 spiro atoms. The Balaban J connectivity index is 1.69. The van der Waals surface area contributed by atoms with Crippen molar-refractivity contribution in [3.63, 3.8) is 0 Å². The van der Waals surface area contributed by atoms with E-state index in [4.69, 9.17) is 13.9 Å². The Morgan fingerprint density at radius 1 is 1.09 bits per heavy atom. The summed E-state index contributed by atoms with van der Waals surface area (Å²) in [7, 11) is 0. The molecule has 7 heteroatoms. The van der Waals surface area contributed by atoms with E-state index < -0.39 is 6.04 Å². The van der Waals surface area contributed by atoms with Crippen molar-refractivity contribution in [2.24, 2.45) is 0 Å². The zero-order valence-corrected chi connectivity index (χ0v) is 19.3. The molecule has 1 atom stereocenters. The molecule has 5 rings (SSSR count). The van der Waals surface area contributed by atoms with Gasteiger partial charge in [0, 0.05) is 18.9 Å². The standard InChI is InChI=1S/C28H24N2O5/c1-3-14-34-22-12-11-19(15-23(22)33-4-2)25-24-26(31)20-9-5-6-10-21(20)35-27(24)28(32)30(25)17-18-8-7-13-29-16-18/h3,5-13,15-16,25H,1,4,14,17H2,2H3/t25-/m0/s1. The third kappa shape index (κ3) is 4.05. The number of para-hydroxylation sites is 1. The van der Waals surface area contributed by atoms with Gasteiger partial charge in [-0.15, -0.1) is 0 Å². The fourth-order valence-corrected chi connectivity index (χ4v) is 4.40. The normalized spacial score (nSPS) is 14.7. The first kappa shape index (κ1) is 22.4. The van der Waals surface area contributed by atoms with Crippen LogP contribution in [-0.2, 0) is 6.54 Å². The Morgan fingerprint density at radius 2 is 1.94 bits per heavy atom. The van der Waals surface area contributed by atoms with Gasteiger partial charge in [0.1, 0.15) is 12.2 Å². The lowest BCUT2D eigenvalue weighted by Gasteiger charge is -2.26. The van der Waals surface area contributed by atoms with Gasteiger partial charge >= 0.3 is 0 Å². The van der Waals surface area contributed by atoms with Gasteiger partial charge in [-0.25, -0.2) is 0 Å². The van der Waals surface area contributed by atoms with E-state index in [1.807, 2.05) is 31.2 Å². The molecule has 0 fully saturated rings. The number of carbonyl (C=O) groups excluding carboxylic acids is 1. The van der Waals surface area contributed by atoms with Crippen LogP contribution < -0.4 is 14.9 Å². The van der Waals surface area contributed by atoms with Crippen LogP contribution in [0.25, 0.3) is 11.0 Å². The molecule has 2 aromatic heterocycles. The minimum Gasteiger partial charge on any atom is -0.490 e. The van der Waals surface area contributed by atoms with Gasteiger partial charge in [0.15, 0.2) is 16.9 Å². The van der Waals surface area contributed by atoms with Gasteiger partial charge in [-0.3, -0.25) is 14.6 Å². The van der Waals surface area contributed by atoms with Crippen molar-refractivity contribution >= 4 is 16.9 Å². The van der Waals surface area contributed by atoms with E-state index in [2.05, 4.69) is 11.6 Å². The van der Waals surface area contributed by atoms with Gasteiger partial charge in [-0.05, 0) is 48.4 Å². The number of ether oxygens (including phenoxy) is 2. The average Bonchev–Trinajstić information content (AvgIpc) is 3.15. The van der Waals surface area contributed by atoms with Crippen LogP contribution in [0.4, 0.5) is 0 Å². The van der Waals surface area contributed by atoms with Crippen LogP contribution in [0.1, 0.15) is 40.2 Å². The predicted molar refractivity (Wildman–Crippen MR) is 132 cm³/mol. The molecule has 0 unspecified atom stereocenters. The van der Waals surface area contributed by atoms with E-state index in [0.717, 1.165) is 11.1 Å². The summed E-state index contributed by atoms with van der Waals surface area (Å²) in [6.45, 7) is 6.59. The largest absolute Gasteiger partial charge is 0.490 e. The van der Waals surface area contributed by atoms with E-state index in [9.17, 15) is 9.59 Å². The van der Waals surface area contributed by atoms with Gasteiger partial charge in [0.25, 0.3) is 5.91 Å². The first-order chi connectivity index (χ1) is 17.1. The summed E-state index contributed by atoms with van der Waals surface area (Å²) in [5.41, 5.74) is 2.04. The molecule has 0 radical (unpaired) electrons. The molecule has 0 bridgehead atoms. The molecule has 4 aromatic rings. The molecule has 0 saturated heterocycles. The maximum atomic E-state index is 13.6. The van der Waals surface area contributed by atoms with Crippen molar-refractivity contribution in [3.8, 4) is 11.5 Å². The second-order valence-electron chi connectivity index (χ2n) is 8.11. The van der Waals surface area contributed by atoms with Crippen LogP contribution in [0.3, 0.4) is 0 Å². The van der Waals surface area contributed by atoms with Crippen LogP contribution in [0.15, 0.2) is 88.9 Å². The second-order valence-corrected chi connectivity index (χ2v) is 8.11. The lowest BCUT2D eigenvalue weighted by molar-refractivity contribution is 0.0714. The van der Waals surface area contributed by atoms with E-state index in [1.165, 1.54) is 0 Å². The second kappa shape index (κ2) is 9.46. The minimum absolute atomic E-state index is 0.0625. The number of amides is 1. The smallest absolute Gasteiger partial charge is 0.291 e. The fourth-order valence-electron chi connectivity index (χ4n) is 4.40. The zero-order chi connectivity index (χ0) is 24.4. The van der Waals surface area contributed by atoms with Gasteiger partial charge in [0.05, 0.1) is 23.6 Å². The van der Waals surface area contributed by atoms with Crippen LogP contribution >= 0.6 is 0 Å². The van der Waals surface area contributed by atoms with E-state index in [-0.39, 0.29) is 23.6 Å². The third-order valence-electron chi connectivity index (χ3n) is 5.89. The zero-order valence-electron chi connectivity index (χ0n) is 19.3. The molecule has 2 aromatic carbocycles. The first-order valence-electron chi connectivity index (χ1n) is 11.4. The van der Waals surface area contributed by atoms with Crippen LogP contribution in [0.2, 0.25) is 0 Å². The molecule has 35 heavy (non-hydrogen) atoms. The number of hydrogen-bond acceptors (Lipinski definition) is 6. The summed E-state index contributed by atoms with van der Waals surface area (Å²) in [4.78, 5) is 33.1. The molecule has 0 N–H and O–H groups in total. The summed E-state index contributed by atoms with van der Waals surface area (Å²) in [5, 5.41) is 0.434. The highest BCUT2D eigenvalue weighted by atomic mass is 16.5. The first-order valence-corrected chi connectivity index (χ1v) is 11.4. The molecule has 3 heterocycles. The monoisotopic (exact) mass is 468 g/mol. The Kier molecular flexibility index (Phi) is 6.06. The van der Waals surface area contributed by atoms with Crippen LogP contribution in [0.5, 0.6) is 11.5 Å². The summed E-state index contributed by atoms with van der Waals surface area (Å²) in [5.74, 6) is 0.804. The van der Waals surface area contributed by atoms with Crippen molar-refractivity contribution < 1.29 is 18.7 Å². The fraction of sp³-hybridized carbons (Fsp3) is 0.179. The molecule has 7 nitrogen and oxygen atoms in total. The third-order valence-corrected chi connectivity index (χ3v) is 5.89. The number of nitrogens with zero attached hydrogens (tertiary/aromatic N) is 2. The SMILES string of the molecule is C=CCOc1ccc([C@H]2c3c(oc4ccccc4c3=O)C(=O)N2Cc2cccnc2)cc1OCC. The summed E-state index contributed by atoms with van der Waals surface area (Å²) in [6.07, 6.45) is 5.04. The molecular weight excluding hydrogens is 444 g/mol. The topological polar surface area (TPSA) is 81.9 Å². The number of carbonyl (C=O) groups is 1. The van der Waals surface area contributed by atoms with E-state index in [0.29, 0.717) is 41.2 Å². The molecule has 1 aliphatic rings. The van der Waals surface area contributed by atoms with Crippen molar-refractivity contribution in [3.05, 3.63) is 112 Å². The number of benzene rings is 2. The maximum Gasteiger partial charge on any atom is 0.291 e. The highest BCUT2D eigenvalue weighted by Gasteiger charge is 2.43. The lowest BCUT2D eigenvalue weighted by Crippen LogP contribution is -2.29. The summed E-state index contributed by atoms with van der Waals surface area (Å²) in [6, 6.07) is 15.5. The number of pyridine rings is 1. The van der Waals surface area contributed by atoms with Gasteiger partial charge in [0.2, 0.25) is 5.76 Å². The molecular formula is C28H24N2O5. The quantitative estimate of drug-likeness (QED) is 0.342. The molecule has 0 aliphatic carbocycles. The van der Waals surface area contributed by atoms with Crippen molar-refractivity contribution in [2.75, 3.05) is 13.2 Å². The Bertz CT molecular complexity index is 1460. The molecule has 0 saturated carbocycles. The van der Waals surface area contributed by atoms with E-state index in [1.54, 1.807) is 53.7 Å². The molecule has 1 amide bonds. The minimum atomic E-state index is -0.661. The number of fused-ring (bicyclic) bond motifs is 2. The molecule has 1 aliphatic heterocycles. The summed E-state index contributed by atoms with van der Waals surface area (Å²) >= 11 is 0. The van der Waals surface area contributed by atoms with Crippen LogP contribution in [-0.4, -0.2) is 29.0 Å². The Hall–Kier alpha value is -4.39. The van der Waals surface area contributed by atoms with Crippen molar-refractivity contribution in [2.45, 2.75) is 19.5 Å². The van der Waals surface area contributed by atoms with Crippen molar-refractivity contribution in [1.82, 2.24) is 9.88 Å². The van der Waals surface area contributed by atoms with Gasteiger partial charge in [-0.1, -0.05) is 36.9 Å². The summed E-state index contributed by atoms with van der Waals surface area (Å²) < 4.78 is 17.6. The predicted octanol–water partition coefficient (Wildman–Crippen LogP) is 4.90. The maximum absolute atomic E-state index is 13.6. The number of hydrogen-bond donors (Lipinski definition) is 0. The lowest BCUT2D eigenvalue weighted by atomic mass is 9.98. The number of aromatic nitrogens is 1.